The van der Waals surface area contributed by atoms with E-state index in [1.807, 2.05) is 0 Å². The minimum atomic E-state index is 1.08. The fraction of sp³-hybridized carbons (Fsp3) is 0. The van der Waals surface area contributed by atoms with Gasteiger partial charge in [-0.15, -0.1) is 0 Å². The first kappa shape index (κ1) is 43.6. The van der Waals surface area contributed by atoms with Crippen molar-refractivity contribution in [3.8, 4) is 50.2 Å². The molecule has 0 fully saturated rings. The topological polar surface area (TPSA) is 8.17 Å². The van der Waals surface area contributed by atoms with E-state index in [4.69, 9.17) is 0 Å². The Balaban J connectivity index is 0.946. The number of nitrogens with zero attached hydrogens (tertiary/aromatic N) is 2. The molecule has 15 rings (SSSR count). The molecule has 2 heteroatoms. The Morgan fingerprint density at radius 2 is 0.618 bits per heavy atom. The Hall–Kier alpha value is -10.0. The van der Waals surface area contributed by atoms with Crippen LogP contribution in [0.2, 0.25) is 0 Å². The lowest BCUT2D eigenvalue weighted by Gasteiger charge is -2.30. The number of para-hydroxylation sites is 1. The maximum Gasteiger partial charge on any atom is 0.0618 e. The van der Waals surface area contributed by atoms with Crippen LogP contribution in [-0.2, 0) is 0 Å². The molecule has 15 aromatic rings. The summed E-state index contributed by atoms with van der Waals surface area (Å²) in [6.45, 7) is 0. The van der Waals surface area contributed by atoms with Crippen LogP contribution in [-0.4, -0.2) is 4.57 Å². The first-order valence-corrected chi connectivity index (χ1v) is 26.3. The van der Waals surface area contributed by atoms with Crippen molar-refractivity contribution in [2.75, 3.05) is 4.90 Å². The summed E-state index contributed by atoms with van der Waals surface area (Å²) < 4.78 is 2.44. The van der Waals surface area contributed by atoms with E-state index in [9.17, 15) is 0 Å². The summed E-state index contributed by atoms with van der Waals surface area (Å²) in [6.07, 6.45) is 0. The van der Waals surface area contributed by atoms with Crippen molar-refractivity contribution in [1.29, 1.82) is 0 Å². The third-order valence-electron chi connectivity index (χ3n) is 15.7. The lowest BCUT2D eigenvalue weighted by atomic mass is 9.82. The molecule has 0 saturated carbocycles. The second-order valence-corrected chi connectivity index (χ2v) is 19.9. The van der Waals surface area contributed by atoms with Crippen molar-refractivity contribution in [3.63, 3.8) is 0 Å². The highest BCUT2D eigenvalue weighted by Gasteiger charge is 2.26. The number of hydrogen-bond acceptors (Lipinski definition) is 1. The van der Waals surface area contributed by atoms with Crippen LogP contribution in [0.5, 0.6) is 0 Å². The second kappa shape index (κ2) is 17.9. The molecular weight excluding hydrogens is 917 g/mol. The molecule has 0 aliphatic heterocycles. The largest absolute Gasteiger partial charge is 0.309 e. The summed E-state index contributed by atoms with van der Waals surface area (Å²) in [6, 6.07) is 107. The Kier molecular flexibility index (Phi) is 10.2. The normalized spacial score (nSPS) is 11.7. The SMILES string of the molecule is c1ccc(-c2ccc3c(c2)c2cc(-c4ccccc4)ccc2n3-c2ccc(N(c3ccccc3)c3c4ccccc4c(-c4c5ccccc5c(-c5cccc6ccccc56)c5ccccc45)c4ccccc34)cc2)cc1. The number of aromatic nitrogens is 1. The van der Waals surface area contributed by atoms with Gasteiger partial charge >= 0.3 is 0 Å². The zero-order valence-electron chi connectivity index (χ0n) is 41.6. The van der Waals surface area contributed by atoms with E-state index < -0.39 is 0 Å². The lowest BCUT2D eigenvalue weighted by Crippen LogP contribution is -2.11. The highest BCUT2D eigenvalue weighted by Crippen LogP contribution is 2.53. The highest BCUT2D eigenvalue weighted by molar-refractivity contribution is 6.31. The molecule has 0 unspecified atom stereocenters. The standard InChI is InChI=1S/C74H48N2/c1-4-21-49(22-5-1)52-39-45-69-67(47-52)68-48-53(50-23-6-2-7-24-50)40-46-70(68)76(69)56-43-41-55(42-44-56)75(54-27-8-3-9-28-54)74-65-36-18-16-34-63(65)73(64-35-17-19-37-66(64)74)72-61-32-14-12-30-59(61)71(60-31-13-15-33-62(60)72)58-38-20-26-51-25-10-11-29-57(51)58/h1-48H. The number of benzene rings is 14. The van der Waals surface area contributed by atoms with Gasteiger partial charge in [0, 0.05) is 38.6 Å². The fourth-order valence-electron chi connectivity index (χ4n) is 12.4. The molecule has 76 heavy (non-hydrogen) atoms. The van der Waals surface area contributed by atoms with E-state index in [0.717, 1.165) is 22.7 Å². The van der Waals surface area contributed by atoms with Gasteiger partial charge in [0.1, 0.15) is 0 Å². The van der Waals surface area contributed by atoms with Crippen LogP contribution in [0.4, 0.5) is 17.1 Å². The Morgan fingerprint density at radius 1 is 0.237 bits per heavy atom. The highest BCUT2D eigenvalue weighted by atomic mass is 15.1. The van der Waals surface area contributed by atoms with Crippen LogP contribution in [0.25, 0.3) is 126 Å². The molecule has 0 saturated heterocycles. The average Bonchev–Trinajstić information content (AvgIpc) is 3.83. The summed E-state index contributed by atoms with van der Waals surface area (Å²) >= 11 is 0. The van der Waals surface area contributed by atoms with Crippen molar-refractivity contribution >= 4 is 92.7 Å². The van der Waals surface area contributed by atoms with Gasteiger partial charge < -0.3 is 9.47 Å². The zero-order chi connectivity index (χ0) is 50.1. The van der Waals surface area contributed by atoms with E-state index in [1.54, 1.807) is 0 Å². The third-order valence-corrected chi connectivity index (χ3v) is 15.7. The van der Waals surface area contributed by atoms with Crippen molar-refractivity contribution < 1.29 is 0 Å². The second-order valence-electron chi connectivity index (χ2n) is 19.9. The maximum absolute atomic E-state index is 2.47. The molecule has 0 radical (unpaired) electrons. The summed E-state index contributed by atoms with van der Waals surface area (Å²) in [5.74, 6) is 0. The van der Waals surface area contributed by atoms with Gasteiger partial charge in [-0.3, -0.25) is 0 Å². The molecule has 0 bridgehead atoms. The van der Waals surface area contributed by atoms with Crippen LogP contribution < -0.4 is 4.90 Å². The zero-order valence-corrected chi connectivity index (χ0v) is 41.6. The Bertz CT molecular complexity index is 4510. The number of anilines is 3. The molecule has 1 aromatic heterocycles. The van der Waals surface area contributed by atoms with Gasteiger partial charge in [0.15, 0.2) is 0 Å². The van der Waals surface area contributed by atoms with Crippen molar-refractivity contribution in [2.45, 2.75) is 0 Å². The van der Waals surface area contributed by atoms with E-state index >= 15 is 0 Å². The molecule has 14 aromatic carbocycles. The predicted octanol–water partition coefficient (Wildman–Crippen LogP) is 20.7. The smallest absolute Gasteiger partial charge is 0.0618 e. The molecule has 0 atom stereocenters. The first-order valence-electron chi connectivity index (χ1n) is 26.3. The molecule has 2 nitrogen and oxygen atoms in total. The van der Waals surface area contributed by atoms with Gasteiger partial charge in [0.25, 0.3) is 0 Å². The summed E-state index contributed by atoms with van der Waals surface area (Å²) in [7, 11) is 0. The predicted molar refractivity (Wildman–Crippen MR) is 325 cm³/mol. The molecule has 354 valence electrons. The van der Waals surface area contributed by atoms with Gasteiger partial charge in [0.2, 0.25) is 0 Å². The quantitative estimate of drug-likeness (QED) is 0.138. The van der Waals surface area contributed by atoms with Crippen LogP contribution in [0.15, 0.2) is 291 Å². The van der Waals surface area contributed by atoms with E-state index in [1.165, 1.54) is 120 Å². The molecule has 0 N–H and O–H groups in total. The van der Waals surface area contributed by atoms with Crippen LogP contribution in [0, 0.1) is 0 Å². The maximum atomic E-state index is 2.47. The Morgan fingerprint density at radius 3 is 1.12 bits per heavy atom. The minimum Gasteiger partial charge on any atom is -0.309 e. The molecule has 0 aliphatic carbocycles. The van der Waals surface area contributed by atoms with Gasteiger partial charge in [0.05, 0.1) is 16.7 Å². The van der Waals surface area contributed by atoms with Crippen LogP contribution in [0.1, 0.15) is 0 Å². The van der Waals surface area contributed by atoms with Crippen molar-refractivity contribution in [2.24, 2.45) is 0 Å². The summed E-state index contributed by atoms with van der Waals surface area (Å²) in [5.41, 5.74) is 16.6. The minimum absolute atomic E-state index is 1.08. The lowest BCUT2D eigenvalue weighted by molar-refractivity contribution is 1.17. The van der Waals surface area contributed by atoms with E-state index in [0.29, 0.717) is 0 Å². The van der Waals surface area contributed by atoms with E-state index in [2.05, 4.69) is 301 Å². The molecule has 0 amide bonds. The molecular formula is C74H48N2. The van der Waals surface area contributed by atoms with Gasteiger partial charge in [-0.1, -0.05) is 231 Å². The summed E-state index contributed by atoms with van der Waals surface area (Å²) in [4.78, 5) is 2.47. The number of fused-ring (bicyclic) bond motifs is 8. The van der Waals surface area contributed by atoms with Crippen LogP contribution >= 0.6 is 0 Å². The number of rotatable bonds is 8. The number of hydrogen-bond donors (Lipinski definition) is 0. The molecule has 0 aliphatic rings. The first-order chi connectivity index (χ1) is 37.7. The fourth-order valence-corrected chi connectivity index (χ4v) is 12.4. The van der Waals surface area contributed by atoms with E-state index in [-0.39, 0.29) is 0 Å². The monoisotopic (exact) mass is 964 g/mol. The van der Waals surface area contributed by atoms with Gasteiger partial charge in [-0.2, -0.15) is 0 Å². The van der Waals surface area contributed by atoms with Crippen molar-refractivity contribution in [3.05, 3.63) is 291 Å². The average molecular weight is 965 g/mol. The molecule has 0 spiro atoms. The van der Waals surface area contributed by atoms with Crippen LogP contribution in [0.3, 0.4) is 0 Å². The van der Waals surface area contributed by atoms with Crippen molar-refractivity contribution in [1.82, 2.24) is 4.57 Å². The Labute approximate surface area is 441 Å². The van der Waals surface area contributed by atoms with Gasteiger partial charge in [-0.05, 0) is 148 Å². The van der Waals surface area contributed by atoms with Gasteiger partial charge in [-0.25, -0.2) is 0 Å². The molecule has 1 heterocycles. The third kappa shape index (κ3) is 6.96. The summed E-state index contributed by atoms with van der Waals surface area (Å²) in [5, 5.41) is 14.7.